The minimum absolute atomic E-state index is 0. The number of aliphatic hydroxyl groups excluding tert-OH is 2. The third kappa shape index (κ3) is 6.10. The monoisotopic (exact) mass is 440 g/mol. The Morgan fingerprint density at radius 2 is 1.81 bits per heavy atom. The molecule has 0 aromatic heterocycles. The van der Waals surface area contributed by atoms with E-state index in [2.05, 4.69) is 39.4 Å². The molecule has 0 aromatic rings. The highest BCUT2D eigenvalue weighted by atomic mass is 16.4. The second-order valence-electron chi connectivity index (χ2n) is 10.9. The number of allylic oxidation sites excluding steroid dienone is 1. The molecule has 0 aliphatic heterocycles. The van der Waals surface area contributed by atoms with Gasteiger partial charge in [-0.05, 0) is 113 Å². The highest BCUT2D eigenvalue weighted by Crippen LogP contribution is 2.63. The number of aliphatic carboxylic acids is 1. The SMILES string of the molecule is C=C1CCC2[C@@H](CO)C([C@@]3(C)CC[C@H](O)C[C@@H]3CCN(C)C)CC[C@@]12C.CC(=O)[O-].[NH4+]. The van der Waals surface area contributed by atoms with Crippen LogP contribution in [0.2, 0.25) is 0 Å². The van der Waals surface area contributed by atoms with Gasteiger partial charge >= 0.3 is 0 Å². The molecule has 3 aliphatic carbocycles. The van der Waals surface area contributed by atoms with E-state index >= 15 is 0 Å². The summed E-state index contributed by atoms with van der Waals surface area (Å²) in [6.07, 6.45) is 8.79. The van der Waals surface area contributed by atoms with Gasteiger partial charge in [-0.1, -0.05) is 26.0 Å². The lowest BCUT2D eigenvalue weighted by atomic mass is 9.49. The predicted octanol–water partition coefficient (Wildman–Crippen LogP) is 3.23. The fourth-order valence-corrected chi connectivity index (χ4v) is 7.01. The van der Waals surface area contributed by atoms with Gasteiger partial charge in [-0.3, -0.25) is 0 Å². The molecule has 0 saturated heterocycles. The quantitative estimate of drug-likeness (QED) is 0.567. The maximum Gasteiger partial charge on any atom is 0.0543 e. The van der Waals surface area contributed by atoms with Crippen molar-refractivity contribution in [1.82, 2.24) is 11.1 Å². The van der Waals surface area contributed by atoms with Crippen molar-refractivity contribution in [3.8, 4) is 0 Å². The molecular weight excluding hydrogens is 392 g/mol. The maximum atomic E-state index is 10.4. The van der Waals surface area contributed by atoms with Gasteiger partial charge in [-0.25, -0.2) is 0 Å². The third-order valence-electron chi connectivity index (χ3n) is 8.88. The van der Waals surface area contributed by atoms with Crippen molar-refractivity contribution in [3.05, 3.63) is 12.2 Å². The van der Waals surface area contributed by atoms with E-state index < -0.39 is 5.97 Å². The van der Waals surface area contributed by atoms with Crippen LogP contribution in [0.3, 0.4) is 0 Å². The Labute approximate surface area is 189 Å². The fourth-order valence-electron chi connectivity index (χ4n) is 7.01. The van der Waals surface area contributed by atoms with Gasteiger partial charge in [-0.15, -0.1) is 0 Å². The summed E-state index contributed by atoms with van der Waals surface area (Å²) in [5.41, 5.74) is 1.91. The van der Waals surface area contributed by atoms with Crippen LogP contribution in [0.1, 0.15) is 72.1 Å². The summed E-state index contributed by atoms with van der Waals surface area (Å²) in [7, 11) is 4.28. The molecule has 6 heteroatoms. The highest BCUT2D eigenvalue weighted by molar-refractivity contribution is 5.60. The number of carboxylic acid groups (broad SMARTS) is 1. The number of carbonyl (C=O) groups is 1. The molecule has 0 amide bonds. The van der Waals surface area contributed by atoms with Crippen LogP contribution in [0.25, 0.3) is 0 Å². The second-order valence-corrected chi connectivity index (χ2v) is 10.9. The molecule has 0 aromatic carbocycles. The number of quaternary nitrogens is 1. The zero-order chi connectivity index (χ0) is 22.7. The Hall–Kier alpha value is -0.950. The zero-order valence-corrected chi connectivity index (χ0v) is 20.8. The van der Waals surface area contributed by atoms with E-state index in [1.54, 1.807) is 0 Å². The smallest absolute Gasteiger partial charge is 0.0543 e. The molecule has 0 heterocycles. The molecule has 6 nitrogen and oxygen atoms in total. The number of hydrogen-bond donors (Lipinski definition) is 3. The Bertz CT molecular complexity index is 606. The molecule has 0 spiro atoms. The summed E-state index contributed by atoms with van der Waals surface area (Å²) in [6.45, 7) is 11.7. The van der Waals surface area contributed by atoms with Crippen molar-refractivity contribution < 1.29 is 20.1 Å². The van der Waals surface area contributed by atoms with Crippen molar-refractivity contribution in [2.45, 2.75) is 78.2 Å². The Morgan fingerprint density at radius 1 is 1.19 bits per heavy atom. The largest absolute Gasteiger partial charge is 0.550 e. The van der Waals surface area contributed by atoms with Crippen molar-refractivity contribution in [3.63, 3.8) is 0 Å². The lowest BCUT2D eigenvalue weighted by Crippen LogP contribution is -2.51. The number of hydrogen-bond acceptors (Lipinski definition) is 5. The molecule has 182 valence electrons. The number of carbonyl (C=O) groups excluding carboxylic acids is 1. The second kappa shape index (κ2) is 11.3. The summed E-state index contributed by atoms with van der Waals surface area (Å²) >= 11 is 0. The molecular formula is C25H48N2O4. The summed E-state index contributed by atoms with van der Waals surface area (Å²) in [4.78, 5) is 11.2. The van der Waals surface area contributed by atoms with Gasteiger partial charge in [-0.2, -0.15) is 0 Å². The lowest BCUT2D eigenvalue weighted by Gasteiger charge is -2.56. The van der Waals surface area contributed by atoms with Crippen molar-refractivity contribution in [2.75, 3.05) is 27.2 Å². The van der Waals surface area contributed by atoms with E-state index in [0.29, 0.717) is 30.3 Å². The third-order valence-corrected chi connectivity index (χ3v) is 8.88. The number of rotatable bonds is 5. The standard InChI is InChI=1S/C23H41NO2.C2H4O2.H3N/c1-16-6-7-20-19(15-25)21(9-12-22(16,20)2)23(3)11-8-18(26)14-17(23)10-13-24(4)5;1-2(3)4;/h17-21,25-26H,1,6-15H2,2-5H3;1H3,(H,3,4);1H3/t17-,18-,19+,20?,21?,22-,23-;;/m0../s1. The van der Waals surface area contributed by atoms with E-state index in [0.717, 1.165) is 45.6 Å². The molecule has 31 heavy (non-hydrogen) atoms. The van der Waals surface area contributed by atoms with Crippen LogP contribution in [0.4, 0.5) is 0 Å². The molecule has 7 atom stereocenters. The fraction of sp³-hybridized carbons (Fsp3) is 0.880. The van der Waals surface area contributed by atoms with Crippen molar-refractivity contribution in [1.29, 1.82) is 0 Å². The Kier molecular flexibility index (Phi) is 10.2. The zero-order valence-electron chi connectivity index (χ0n) is 20.8. The number of aliphatic hydroxyl groups is 2. The van der Waals surface area contributed by atoms with E-state index in [1.165, 1.54) is 24.8 Å². The van der Waals surface area contributed by atoms with E-state index in [9.17, 15) is 10.2 Å². The minimum Gasteiger partial charge on any atom is -0.550 e. The topological polar surface area (TPSA) is 120 Å². The molecule has 0 bridgehead atoms. The van der Waals surface area contributed by atoms with E-state index in [4.69, 9.17) is 9.90 Å². The lowest BCUT2D eigenvalue weighted by molar-refractivity contribution is -0.302. The molecule has 3 aliphatic rings. The number of carboxylic acids is 1. The molecule has 2 unspecified atom stereocenters. The Balaban J connectivity index is 0.000000885. The van der Waals surface area contributed by atoms with E-state index in [-0.39, 0.29) is 23.1 Å². The maximum absolute atomic E-state index is 10.4. The average molecular weight is 441 g/mol. The molecule has 3 fully saturated rings. The van der Waals surface area contributed by atoms with Gasteiger partial charge in [0.2, 0.25) is 0 Å². The van der Waals surface area contributed by atoms with Crippen LogP contribution in [0.5, 0.6) is 0 Å². The van der Waals surface area contributed by atoms with Gasteiger partial charge in [0.1, 0.15) is 0 Å². The van der Waals surface area contributed by atoms with Crippen LogP contribution in [-0.2, 0) is 4.79 Å². The van der Waals surface area contributed by atoms with Gasteiger partial charge in [0.25, 0.3) is 0 Å². The van der Waals surface area contributed by atoms with Gasteiger partial charge in [0, 0.05) is 12.6 Å². The van der Waals surface area contributed by atoms with Crippen LogP contribution in [0, 0.1) is 34.5 Å². The first-order chi connectivity index (χ1) is 14.0. The van der Waals surface area contributed by atoms with Gasteiger partial charge < -0.3 is 31.2 Å². The summed E-state index contributed by atoms with van der Waals surface area (Å²) < 4.78 is 0. The van der Waals surface area contributed by atoms with Gasteiger partial charge in [0.05, 0.1) is 6.10 Å². The van der Waals surface area contributed by atoms with Crippen LogP contribution >= 0.6 is 0 Å². The first-order valence-corrected chi connectivity index (χ1v) is 11.7. The number of fused-ring (bicyclic) bond motifs is 1. The highest BCUT2D eigenvalue weighted by Gasteiger charge is 2.56. The Morgan fingerprint density at radius 3 is 2.35 bits per heavy atom. The summed E-state index contributed by atoms with van der Waals surface area (Å²) in [6, 6.07) is 0. The van der Waals surface area contributed by atoms with E-state index in [1.807, 2.05) is 0 Å². The van der Waals surface area contributed by atoms with Crippen LogP contribution < -0.4 is 11.3 Å². The first kappa shape index (κ1) is 28.1. The van der Waals surface area contributed by atoms with Gasteiger partial charge in [0.15, 0.2) is 0 Å². The molecule has 6 N–H and O–H groups in total. The number of nitrogens with zero attached hydrogens (tertiary/aromatic N) is 1. The van der Waals surface area contributed by atoms with Crippen molar-refractivity contribution >= 4 is 5.97 Å². The average Bonchev–Trinajstić information content (AvgIpc) is 2.96. The molecule has 0 radical (unpaired) electrons. The normalized spacial score (nSPS) is 39.9. The van der Waals surface area contributed by atoms with Crippen LogP contribution in [-0.4, -0.2) is 54.4 Å². The van der Waals surface area contributed by atoms with Crippen LogP contribution in [0.15, 0.2) is 12.2 Å². The summed E-state index contributed by atoms with van der Waals surface area (Å²) in [5, 5.41) is 29.7. The van der Waals surface area contributed by atoms with Crippen molar-refractivity contribution in [2.24, 2.45) is 34.5 Å². The minimum atomic E-state index is -1.08. The predicted molar refractivity (Wildman–Crippen MR) is 125 cm³/mol. The molecule has 3 saturated carbocycles. The summed E-state index contributed by atoms with van der Waals surface area (Å²) in [5.74, 6) is 1.05. The molecule has 3 rings (SSSR count). The first-order valence-electron chi connectivity index (χ1n) is 11.7.